The Bertz CT molecular complexity index is 1280. The zero-order chi connectivity index (χ0) is 31.7. The molecule has 0 amide bonds. The molecule has 0 aliphatic carbocycles. The van der Waals surface area contributed by atoms with Crippen molar-refractivity contribution in [1.29, 1.82) is 0 Å². The summed E-state index contributed by atoms with van der Waals surface area (Å²) in [6.07, 6.45) is 0.903. The summed E-state index contributed by atoms with van der Waals surface area (Å²) in [5.41, 5.74) is 5.54. The van der Waals surface area contributed by atoms with Gasteiger partial charge in [-0.15, -0.1) is 17.1 Å². The third-order valence-corrected chi connectivity index (χ3v) is 6.50. The van der Waals surface area contributed by atoms with E-state index in [1.54, 1.807) is 0 Å². The van der Waals surface area contributed by atoms with Crippen LogP contribution in [-0.4, -0.2) is 24.4 Å². The van der Waals surface area contributed by atoms with E-state index in [0.717, 1.165) is 28.8 Å². The number of nitrogens with zero attached hydrogens (tertiary/aromatic N) is 1. The molecule has 2 nitrogen and oxygen atoms in total. The van der Waals surface area contributed by atoms with E-state index in [1.165, 1.54) is 5.56 Å². The first-order valence-corrected chi connectivity index (χ1v) is 14.8. The molecule has 5 aromatic rings. The number of benzene rings is 5. The normalized spacial score (nSPS) is 10.3. The van der Waals surface area contributed by atoms with Gasteiger partial charge in [-0.2, -0.15) is 0 Å². The van der Waals surface area contributed by atoms with Gasteiger partial charge in [0.2, 0.25) is 0 Å². The predicted octanol–water partition coefficient (Wildman–Crippen LogP) is 10.6. The van der Waals surface area contributed by atoms with E-state index in [0.29, 0.717) is 5.69 Å². The van der Waals surface area contributed by atoms with Gasteiger partial charge in [-0.1, -0.05) is 186 Å². The molecular weight excluding hydrogens is 644 g/mol. The van der Waals surface area contributed by atoms with Crippen molar-refractivity contribution in [3.05, 3.63) is 167 Å². The smallest absolute Gasteiger partial charge is 0 e. The summed E-state index contributed by atoms with van der Waals surface area (Å²) in [7, 11) is 0. The zero-order valence-corrected chi connectivity index (χ0v) is 30.1. The van der Waals surface area contributed by atoms with E-state index < -0.39 is 0 Å². The van der Waals surface area contributed by atoms with Crippen LogP contribution in [0.25, 0.3) is 5.32 Å². The first-order valence-electron chi connectivity index (χ1n) is 14.8. The average molecular weight is 691 g/mol. The van der Waals surface area contributed by atoms with Gasteiger partial charge < -0.3 is 10.4 Å². The largest absolute Gasteiger partial charge is 0.873 e. The van der Waals surface area contributed by atoms with Gasteiger partial charge in [-0.05, 0) is 47.9 Å². The van der Waals surface area contributed by atoms with Crippen molar-refractivity contribution < 1.29 is 5.11 Å². The summed E-state index contributed by atoms with van der Waals surface area (Å²) in [6.45, 7) is 17.0. The van der Waals surface area contributed by atoms with Gasteiger partial charge in [-0.25, -0.2) is 0 Å². The van der Waals surface area contributed by atoms with Crippen molar-refractivity contribution in [2.24, 2.45) is 0 Å². The third-order valence-electron chi connectivity index (χ3n) is 6.50. The van der Waals surface area contributed by atoms with Crippen molar-refractivity contribution in [1.82, 2.24) is 0 Å². The first kappa shape index (κ1) is 38.5. The molecule has 0 heterocycles. The molecule has 3 heteroatoms. The number of rotatable bonds is 3. The van der Waals surface area contributed by atoms with Gasteiger partial charge in [0.15, 0.2) is 0 Å². The second kappa shape index (κ2) is 19.7. The van der Waals surface area contributed by atoms with E-state index in [4.69, 9.17) is 5.32 Å². The summed E-state index contributed by atoms with van der Waals surface area (Å²) in [5, 5.41) is 18.0. The van der Waals surface area contributed by atoms with Crippen molar-refractivity contribution in [2.75, 3.05) is 0 Å². The van der Waals surface area contributed by atoms with Crippen LogP contribution in [0, 0.1) is 25.1 Å². The molecule has 44 heavy (non-hydrogen) atoms. The Balaban J connectivity index is 0.000000405. The van der Waals surface area contributed by atoms with E-state index in [-0.39, 0.29) is 41.0 Å². The van der Waals surface area contributed by atoms with Crippen LogP contribution in [-0.2, 0) is 17.3 Å². The maximum atomic E-state index is 13.1. The number of para-hydroxylation sites is 1. The van der Waals surface area contributed by atoms with Gasteiger partial charge >= 0.3 is 0 Å². The zero-order valence-electron chi connectivity index (χ0n) is 27.6. The molecule has 0 saturated carbocycles. The van der Waals surface area contributed by atoms with Gasteiger partial charge in [-0.3, -0.25) is 0 Å². The number of hydrogen-bond donors (Lipinski definition) is 0. The fourth-order valence-corrected chi connectivity index (χ4v) is 4.00. The minimum atomic E-state index is -0.206. The van der Waals surface area contributed by atoms with Crippen LogP contribution in [0.3, 0.4) is 0 Å². The molecule has 0 aliphatic heterocycles. The van der Waals surface area contributed by atoms with Crippen molar-refractivity contribution in [2.45, 2.75) is 72.6 Å². The molecule has 228 valence electrons. The van der Waals surface area contributed by atoms with E-state index in [2.05, 4.69) is 97.9 Å². The molecule has 5 aromatic carbocycles. The van der Waals surface area contributed by atoms with Gasteiger partial charge in [0.05, 0.1) is 0 Å². The molecule has 0 aliphatic rings. The van der Waals surface area contributed by atoms with Gasteiger partial charge in [0.25, 0.3) is 0 Å². The SMILES string of the molecule is CCc1cccc(C)c1[N-]c1cc(C(C)(C)C)cc(C(C)(C)C)c1[O-].[Sb].[c]1ccccc1.[c]1ccccc1.[c]1ccccc1. The van der Waals surface area contributed by atoms with Gasteiger partial charge in [0, 0.05) is 24.4 Å². The third kappa shape index (κ3) is 13.9. The Labute approximate surface area is 285 Å². The second-order valence-electron chi connectivity index (χ2n) is 12.2. The fraction of sp³-hybridized carbons (Fsp3) is 0.268. The van der Waals surface area contributed by atoms with E-state index in [9.17, 15) is 5.11 Å². The standard InChI is InChI=1S/C23H32NO.3C6H5.Sb/c1-9-16-12-10-11-15(2)20(16)24-19-14-17(22(3,4)5)13-18(21(19)25)23(6,7)8;3*1-2-4-6-5-3-1;/h10-14,25H,9H2,1-8H3;3*1-5H;/q-1;;;;/p-1. The number of hydrogen-bond acceptors (Lipinski definition) is 1. The molecule has 0 N–H and O–H groups in total. The topological polar surface area (TPSA) is 37.2 Å². The average Bonchev–Trinajstić information content (AvgIpc) is 3.01. The molecule has 5 rings (SSSR count). The van der Waals surface area contributed by atoms with Crippen LogP contribution in [0.15, 0.2) is 121 Å². The number of aryl methyl sites for hydroxylation is 2. The van der Waals surface area contributed by atoms with Crippen LogP contribution in [0.1, 0.15) is 70.7 Å². The molecule has 0 bridgehead atoms. The Morgan fingerprint density at radius 1 is 0.636 bits per heavy atom. The van der Waals surface area contributed by atoms with Crippen LogP contribution in [0.2, 0.25) is 0 Å². The molecular formula is C41H46NOSb-2. The summed E-state index contributed by atoms with van der Waals surface area (Å²) >= 11 is 0. The molecule has 0 spiro atoms. The molecule has 0 unspecified atom stereocenters. The Kier molecular flexibility index (Phi) is 17.3. The van der Waals surface area contributed by atoms with E-state index >= 15 is 0 Å². The molecule has 0 fully saturated rings. The second-order valence-corrected chi connectivity index (χ2v) is 12.2. The van der Waals surface area contributed by atoms with Crippen LogP contribution < -0.4 is 5.11 Å². The minimum Gasteiger partial charge on any atom is -0.873 e. The van der Waals surface area contributed by atoms with Gasteiger partial charge in [0.1, 0.15) is 0 Å². The Morgan fingerprint density at radius 3 is 1.41 bits per heavy atom. The summed E-state index contributed by atoms with van der Waals surface area (Å²) in [6, 6.07) is 47.7. The molecule has 6 radical (unpaired) electrons. The molecule has 0 saturated heterocycles. The van der Waals surface area contributed by atoms with Crippen molar-refractivity contribution in [3.63, 3.8) is 0 Å². The molecule has 0 atom stereocenters. The summed E-state index contributed by atoms with van der Waals surface area (Å²) in [5.74, 6) is 0.0470. The Morgan fingerprint density at radius 2 is 1.09 bits per heavy atom. The van der Waals surface area contributed by atoms with Crippen LogP contribution in [0.4, 0.5) is 11.4 Å². The maximum absolute atomic E-state index is 13.1. The Hall–Kier alpha value is -3.48. The maximum Gasteiger partial charge on any atom is 0 e. The van der Waals surface area contributed by atoms with Crippen molar-refractivity contribution in [3.8, 4) is 5.75 Å². The molecule has 0 aromatic heterocycles. The first-order chi connectivity index (χ1) is 20.4. The fourth-order valence-electron chi connectivity index (χ4n) is 4.00. The predicted molar refractivity (Wildman–Crippen MR) is 188 cm³/mol. The minimum absolute atomic E-state index is 0. The van der Waals surface area contributed by atoms with Crippen LogP contribution in [0.5, 0.6) is 5.75 Å². The summed E-state index contributed by atoms with van der Waals surface area (Å²) in [4.78, 5) is 0. The van der Waals surface area contributed by atoms with Crippen LogP contribution >= 0.6 is 0 Å². The summed E-state index contributed by atoms with van der Waals surface area (Å²) < 4.78 is 0. The van der Waals surface area contributed by atoms with E-state index in [1.807, 2.05) is 97.1 Å². The quantitative estimate of drug-likeness (QED) is 0.174. The monoisotopic (exact) mass is 689 g/mol. The van der Waals surface area contributed by atoms with Crippen molar-refractivity contribution >= 4 is 35.8 Å².